The molecule has 0 saturated carbocycles. The van der Waals surface area contributed by atoms with Crippen molar-refractivity contribution in [3.05, 3.63) is 41.3 Å². The Bertz CT molecular complexity index is 755. The predicted molar refractivity (Wildman–Crippen MR) is 71.5 cm³/mol. The molecule has 2 aromatic heterocycles. The summed E-state index contributed by atoms with van der Waals surface area (Å²) in [5, 5.41) is 4.50. The quantitative estimate of drug-likeness (QED) is 0.727. The zero-order valence-electron chi connectivity index (χ0n) is 10.0. The van der Waals surface area contributed by atoms with Crippen LogP contribution in [0.5, 0.6) is 11.6 Å². The molecule has 7 heteroatoms. The van der Waals surface area contributed by atoms with Crippen molar-refractivity contribution >= 4 is 23.1 Å². The summed E-state index contributed by atoms with van der Waals surface area (Å²) in [5.74, 6) is 1.57. The van der Waals surface area contributed by atoms with Gasteiger partial charge in [0, 0.05) is 17.8 Å². The molecule has 3 aromatic rings. The van der Waals surface area contributed by atoms with Crippen LogP contribution in [0.1, 0.15) is 5.69 Å². The molecule has 3 rings (SSSR count). The number of ether oxygens (including phenoxy) is 1. The van der Waals surface area contributed by atoms with Crippen molar-refractivity contribution in [3.8, 4) is 11.6 Å². The molecule has 0 amide bonds. The van der Waals surface area contributed by atoms with Crippen molar-refractivity contribution < 1.29 is 4.74 Å². The largest absolute Gasteiger partial charge is 0.439 e. The van der Waals surface area contributed by atoms with Gasteiger partial charge in [-0.2, -0.15) is 14.6 Å². The van der Waals surface area contributed by atoms with E-state index >= 15 is 0 Å². The molecule has 0 atom stereocenters. The van der Waals surface area contributed by atoms with Gasteiger partial charge in [0.25, 0.3) is 5.78 Å². The molecular weight excluding hydrogens is 266 g/mol. The third-order valence-corrected chi connectivity index (χ3v) is 2.87. The number of halogens is 1. The number of nitrogen functional groups attached to an aromatic ring is 1. The number of rotatable bonds is 2. The normalized spacial score (nSPS) is 10.8. The van der Waals surface area contributed by atoms with Gasteiger partial charge in [-0.05, 0) is 19.1 Å². The molecule has 0 aliphatic carbocycles. The number of hydrogen-bond acceptors (Lipinski definition) is 5. The van der Waals surface area contributed by atoms with Crippen molar-refractivity contribution in [1.29, 1.82) is 0 Å². The van der Waals surface area contributed by atoms with Crippen LogP contribution < -0.4 is 10.5 Å². The van der Waals surface area contributed by atoms with Gasteiger partial charge in [0.15, 0.2) is 0 Å². The molecule has 2 heterocycles. The summed E-state index contributed by atoms with van der Waals surface area (Å²) >= 11 is 5.96. The minimum Gasteiger partial charge on any atom is -0.439 e. The van der Waals surface area contributed by atoms with Crippen LogP contribution in [-0.4, -0.2) is 19.6 Å². The molecule has 2 N–H and O–H groups in total. The van der Waals surface area contributed by atoms with Gasteiger partial charge in [-0.25, -0.2) is 4.98 Å². The molecule has 6 nitrogen and oxygen atoms in total. The number of benzene rings is 1. The molecule has 0 saturated heterocycles. The van der Waals surface area contributed by atoms with Crippen LogP contribution in [0.2, 0.25) is 5.02 Å². The van der Waals surface area contributed by atoms with Crippen LogP contribution in [0.4, 0.5) is 5.69 Å². The SMILES string of the molecule is Cc1cc(Oc2ccc(N)c(Cl)c2)n2ncnc2n1. The van der Waals surface area contributed by atoms with Crippen LogP contribution in [0, 0.1) is 6.92 Å². The average Bonchev–Trinajstić information content (AvgIpc) is 2.82. The lowest BCUT2D eigenvalue weighted by Gasteiger charge is -2.08. The van der Waals surface area contributed by atoms with E-state index in [1.54, 1.807) is 24.3 Å². The number of aromatic nitrogens is 4. The second kappa shape index (κ2) is 4.40. The minimum absolute atomic E-state index is 0.443. The maximum Gasteiger partial charge on any atom is 0.255 e. The van der Waals surface area contributed by atoms with Crippen molar-refractivity contribution in [2.24, 2.45) is 0 Å². The lowest BCUT2D eigenvalue weighted by molar-refractivity contribution is 0.445. The average molecular weight is 276 g/mol. The molecule has 19 heavy (non-hydrogen) atoms. The zero-order valence-corrected chi connectivity index (χ0v) is 10.8. The molecule has 0 spiro atoms. The summed E-state index contributed by atoms with van der Waals surface area (Å²) in [6, 6.07) is 6.84. The Labute approximate surface area is 113 Å². The number of fused-ring (bicyclic) bond motifs is 1. The minimum atomic E-state index is 0.443. The molecule has 0 radical (unpaired) electrons. The zero-order chi connectivity index (χ0) is 13.4. The highest BCUT2D eigenvalue weighted by Gasteiger charge is 2.08. The van der Waals surface area contributed by atoms with Gasteiger partial charge in [-0.1, -0.05) is 11.6 Å². The molecule has 0 bridgehead atoms. The summed E-state index contributed by atoms with van der Waals surface area (Å²) < 4.78 is 7.26. The van der Waals surface area contributed by atoms with Crippen LogP contribution >= 0.6 is 11.6 Å². The van der Waals surface area contributed by atoms with Crippen molar-refractivity contribution in [3.63, 3.8) is 0 Å². The molecule has 0 aliphatic heterocycles. The van der Waals surface area contributed by atoms with Gasteiger partial charge in [-0.15, -0.1) is 0 Å². The van der Waals surface area contributed by atoms with E-state index in [-0.39, 0.29) is 0 Å². The molecule has 0 unspecified atom stereocenters. The second-order valence-electron chi connectivity index (χ2n) is 3.99. The number of nitrogens with two attached hydrogens (primary N) is 1. The second-order valence-corrected chi connectivity index (χ2v) is 4.40. The van der Waals surface area contributed by atoms with Crippen LogP contribution in [0.25, 0.3) is 5.78 Å². The highest BCUT2D eigenvalue weighted by atomic mass is 35.5. The molecule has 0 aliphatic rings. The number of nitrogens with zero attached hydrogens (tertiary/aromatic N) is 4. The van der Waals surface area contributed by atoms with E-state index in [9.17, 15) is 0 Å². The molecule has 96 valence electrons. The fourth-order valence-electron chi connectivity index (χ4n) is 1.66. The van der Waals surface area contributed by atoms with Gasteiger partial charge >= 0.3 is 0 Å². The van der Waals surface area contributed by atoms with Gasteiger partial charge in [0.1, 0.15) is 12.1 Å². The van der Waals surface area contributed by atoms with Gasteiger partial charge in [-0.3, -0.25) is 0 Å². The Morgan fingerprint density at radius 1 is 1.32 bits per heavy atom. The topological polar surface area (TPSA) is 78.3 Å². The van der Waals surface area contributed by atoms with Crippen LogP contribution in [0.15, 0.2) is 30.6 Å². The first kappa shape index (κ1) is 11.7. The van der Waals surface area contributed by atoms with Crippen molar-refractivity contribution in [1.82, 2.24) is 19.6 Å². The first-order valence-electron chi connectivity index (χ1n) is 5.54. The maximum absolute atomic E-state index is 5.96. The third kappa shape index (κ3) is 2.17. The van der Waals surface area contributed by atoms with E-state index in [0.717, 1.165) is 5.69 Å². The van der Waals surface area contributed by atoms with Gasteiger partial charge in [0.2, 0.25) is 5.88 Å². The first-order valence-corrected chi connectivity index (χ1v) is 5.91. The summed E-state index contributed by atoms with van der Waals surface area (Å²) in [7, 11) is 0. The number of hydrogen-bond donors (Lipinski definition) is 1. The highest BCUT2D eigenvalue weighted by molar-refractivity contribution is 6.33. The van der Waals surface area contributed by atoms with Crippen molar-refractivity contribution in [2.45, 2.75) is 6.92 Å². The molecular formula is C12H10ClN5O. The number of aryl methyl sites for hydroxylation is 1. The Kier molecular flexibility index (Phi) is 2.72. The van der Waals surface area contributed by atoms with Crippen molar-refractivity contribution in [2.75, 3.05) is 5.73 Å². The maximum atomic E-state index is 5.96. The summed E-state index contributed by atoms with van der Waals surface area (Å²) in [5.41, 5.74) is 6.95. The summed E-state index contributed by atoms with van der Waals surface area (Å²) in [6.07, 6.45) is 1.42. The Morgan fingerprint density at radius 2 is 2.16 bits per heavy atom. The predicted octanol–water partition coefficient (Wildman–Crippen LogP) is 2.46. The Morgan fingerprint density at radius 3 is 2.95 bits per heavy atom. The van der Waals surface area contributed by atoms with E-state index in [2.05, 4.69) is 15.1 Å². The standard InChI is InChI=1S/C12H10ClN5O/c1-7-4-11(18-12(17-7)15-6-16-18)19-8-2-3-10(14)9(13)5-8/h2-6H,14H2,1H3. The Hall–Kier alpha value is -2.34. The number of anilines is 1. The fraction of sp³-hybridized carbons (Fsp3) is 0.0833. The third-order valence-electron chi connectivity index (χ3n) is 2.54. The van der Waals surface area contributed by atoms with E-state index in [1.165, 1.54) is 10.8 Å². The smallest absolute Gasteiger partial charge is 0.255 e. The van der Waals surface area contributed by atoms with Crippen LogP contribution in [-0.2, 0) is 0 Å². The first-order chi connectivity index (χ1) is 9.13. The van der Waals surface area contributed by atoms with E-state index in [1.807, 2.05) is 6.92 Å². The fourth-order valence-corrected chi connectivity index (χ4v) is 1.83. The summed E-state index contributed by atoms with van der Waals surface area (Å²) in [4.78, 5) is 8.26. The van der Waals surface area contributed by atoms with E-state index in [0.29, 0.717) is 28.1 Å². The lowest BCUT2D eigenvalue weighted by Crippen LogP contribution is -1.99. The highest BCUT2D eigenvalue weighted by Crippen LogP contribution is 2.28. The van der Waals surface area contributed by atoms with Gasteiger partial charge in [0.05, 0.1) is 10.7 Å². The summed E-state index contributed by atoms with van der Waals surface area (Å²) in [6.45, 7) is 1.86. The monoisotopic (exact) mass is 275 g/mol. The van der Waals surface area contributed by atoms with E-state index in [4.69, 9.17) is 22.1 Å². The Balaban J connectivity index is 2.04. The molecule has 0 fully saturated rings. The van der Waals surface area contributed by atoms with E-state index < -0.39 is 0 Å². The molecule has 1 aromatic carbocycles. The van der Waals surface area contributed by atoms with Gasteiger partial charge < -0.3 is 10.5 Å². The van der Waals surface area contributed by atoms with Crippen LogP contribution in [0.3, 0.4) is 0 Å². The lowest BCUT2D eigenvalue weighted by atomic mass is 10.3.